The molecule has 18 heavy (non-hydrogen) atoms. The molecule has 1 aromatic rings. The van der Waals surface area contributed by atoms with Crippen LogP contribution in [-0.4, -0.2) is 28.2 Å². The third-order valence-corrected chi connectivity index (χ3v) is 3.81. The molecule has 0 aromatic heterocycles. The van der Waals surface area contributed by atoms with E-state index in [1.807, 2.05) is 4.90 Å². The van der Waals surface area contributed by atoms with Gasteiger partial charge in [0.25, 0.3) is 0 Å². The zero-order chi connectivity index (χ0) is 13.2. The van der Waals surface area contributed by atoms with Gasteiger partial charge >= 0.3 is 6.18 Å². The second-order valence-electron chi connectivity index (χ2n) is 3.81. The zero-order valence-corrected chi connectivity index (χ0v) is 11.0. The number of hydrogen-bond acceptors (Lipinski definition) is 2. The van der Waals surface area contributed by atoms with Crippen molar-refractivity contribution in [2.24, 2.45) is 0 Å². The fourth-order valence-corrected chi connectivity index (χ4v) is 2.86. The molecule has 0 aliphatic carbocycles. The first-order chi connectivity index (χ1) is 8.47. The van der Waals surface area contributed by atoms with Gasteiger partial charge in [-0.1, -0.05) is 6.07 Å². The minimum absolute atomic E-state index is 0.367. The Morgan fingerprint density at radius 1 is 1.39 bits per heavy atom. The summed E-state index contributed by atoms with van der Waals surface area (Å²) in [6, 6.07) is 5.05. The van der Waals surface area contributed by atoms with Gasteiger partial charge in [-0.25, -0.2) is 0 Å². The van der Waals surface area contributed by atoms with Crippen LogP contribution < -0.4 is 5.32 Å². The van der Waals surface area contributed by atoms with Gasteiger partial charge in [0.2, 0.25) is 0 Å². The fourth-order valence-electron chi connectivity index (χ4n) is 1.55. The molecule has 2 nitrogen and oxygen atoms in total. The van der Waals surface area contributed by atoms with Crippen molar-refractivity contribution in [1.82, 2.24) is 4.90 Å². The number of thiocarbonyl (C=S) groups is 1. The molecule has 1 N–H and O–H groups in total. The summed E-state index contributed by atoms with van der Waals surface area (Å²) in [6.07, 6.45) is -4.33. The van der Waals surface area contributed by atoms with Crippen LogP contribution in [0.15, 0.2) is 24.3 Å². The third-order valence-electron chi connectivity index (χ3n) is 2.48. The Bertz CT molecular complexity index is 442. The van der Waals surface area contributed by atoms with E-state index >= 15 is 0 Å². The smallest absolute Gasteiger partial charge is 0.339 e. The quantitative estimate of drug-likeness (QED) is 0.798. The molecule has 0 radical (unpaired) electrons. The van der Waals surface area contributed by atoms with Gasteiger partial charge in [-0.15, -0.1) is 11.8 Å². The maximum absolute atomic E-state index is 12.5. The molecule has 1 aromatic carbocycles. The minimum atomic E-state index is -4.33. The van der Waals surface area contributed by atoms with E-state index in [1.165, 1.54) is 6.07 Å². The summed E-state index contributed by atoms with van der Waals surface area (Å²) in [4.78, 5) is 1.93. The second-order valence-corrected chi connectivity index (χ2v) is 5.27. The van der Waals surface area contributed by atoms with E-state index in [9.17, 15) is 13.2 Å². The highest BCUT2D eigenvalue weighted by Crippen LogP contribution is 2.30. The molecule has 1 heterocycles. The van der Waals surface area contributed by atoms with E-state index in [1.54, 1.807) is 17.8 Å². The van der Waals surface area contributed by atoms with E-state index < -0.39 is 11.7 Å². The van der Waals surface area contributed by atoms with Crippen molar-refractivity contribution in [3.63, 3.8) is 0 Å². The van der Waals surface area contributed by atoms with E-state index in [0.29, 0.717) is 10.8 Å². The Balaban J connectivity index is 2.07. The lowest BCUT2D eigenvalue weighted by atomic mass is 10.2. The van der Waals surface area contributed by atoms with Gasteiger partial charge in [0.15, 0.2) is 5.11 Å². The van der Waals surface area contributed by atoms with Crippen molar-refractivity contribution in [3.05, 3.63) is 29.8 Å². The van der Waals surface area contributed by atoms with Gasteiger partial charge in [-0.2, -0.15) is 13.2 Å². The molecule has 0 amide bonds. The van der Waals surface area contributed by atoms with Crippen molar-refractivity contribution in [2.45, 2.75) is 6.18 Å². The minimum Gasteiger partial charge on any atom is -0.339 e. The molecule has 0 bridgehead atoms. The monoisotopic (exact) mass is 292 g/mol. The van der Waals surface area contributed by atoms with Crippen LogP contribution in [0.1, 0.15) is 5.56 Å². The Morgan fingerprint density at radius 2 is 2.17 bits per heavy atom. The lowest BCUT2D eigenvalue weighted by Gasteiger charge is -2.19. The van der Waals surface area contributed by atoms with Gasteiger partial charge in [-0.05, 0) is 30.4 Å². The highest BCUT2D eigenvalue weighted by molar-refractivity contribution is 7.99. The highest BCUT2D eigenvalue weighted by Gasteiger charge is 2.30. The van der Waals surface area contributed by atoms with Crippen molar-refractivity contribution in [2.75, 3.05) is 23.5 Å². The lowest BCUT2D eigenvalue weighted by Crippen LogP contribution is -2.32. The van der Waals surface area contributed by atoms with E-state index in [0.717, 1.165) is 30.3 Å². The van der Waals surface area contributed by atoms with Crippen LogP contribution in [0.25, 0.3) is 0 Å². The SMILES string of the molecule is FC(F)(F)c1cccc(NC(=S)N2CCSC2)c1. The second kappa shape index (κ2) is 5.36. The number of benzene rings is 1. The summed E-state index contributed by atoms with van der Waals surface area (Å²) in [5.74, 6) is 1.77. The number of halogens is 3. The molecule has 0 atom stereocenters. The number of alkyl halides is 3. The largest absolute Gasteiger partial charge is 0.416 e. The number of hydrogen-bond donors (Lipinski definition) is 1. The van der Waals surface area contributed by atoms with Crippen molar-refractivity contribution >= 4 is 34.8 Å². The van der Waals surface area contributed by atoms with E-state index in [4.69, 9.17) is 12.2 Å². The van der Waals surface area contributed by atoms with Crippen LogP contribution in [0.5, 0.6) is 0 Å². The predicted octanol–water partition coefficient (Wildman–Crippen LogP) is 3.41. The summed E-state index contributed by atoms with van der Waals surface area (Å²) in [6.45, 7) is 0.829. The molecule has 98 valence electrons. The van der Waals surface area contributed by atoms with Gasteiger partial charge < -0.3 is 10.2 Å². The molecule has 2 rings (SSSR count). The number of nitrogens with zero attached hydrogens (tertiary/aromatic N) is 1. The van der Waals surface area contributed by atoms with Crippen LogP contribution in [0, 0.1) is 0 Å². The van der Waals surface area contributed by atoms with Crippen LogP contribution >= 0.6 is 24.0 Å². The van der Waals surface area contributed by atoms with Gasteiger partial charge in [-0.3, -0.25) is 0 Å². The number of nitrogens with one attached hydrogen (secondary N) is 1. The predicted molar refractivity (Wildman–Crippen MR) is 71.7 cm³/mol. The Kier molecular flexibility index (Phi) is 4.01. The first kappa shape index (κ1) is 13.5. The third kappa shape index (κ3) is 3.29. The normalized spacial score (nSPS) is 15.8. The highest BCUT2D eigenvalue weighted by atomic mass is 32.2. The Hall–Kier alpha value is -0.950. The van der Waals surface area contributed by atoms with E-state index in [-0.39, 0.29) is 0 Å². The maximum atomic E-state index is 12.5. The molecule has 1 saturated heterocycles. The lowest BCUT2D eigenvalue weighted by molar-refractivity contribution is -0.137. The first-order valence-electron chi connectivity index (χ1n) is 5.28. The summed E-state index contributed by atoms with van der Waals surface area (Å²) >= 11 is 6.90. The topological polar surface area (TPSA) is 15.3 Å². The number of thioether (sulfide) groups is 1. The number of rotatable bonds is 1. The first-order valence-corrected chi connectivity index (χ1v) is 6.84. The molecule has 1 aliphatic rings. The number of anilines is 1. The fraction of sp³-hybridized carbons (Fsp3) is 0.364. The van der Waals surface area contributed by atoms with Crippen LogP contribution in [0.3, 0.4) is 0 Å². The van der Waals surface area contributed by atoms with E-state index in [2.05, 4.69) is 5.32 Å². The molecule has 0 saturated carbocycles. The zero-order valence-electron chi connectivity index (χ0n) is 9.33. The van der Waals surface area contributed by atoms with Crippen molar-refractivity contribution in [1.29, 1.82) is 0 Å². The molecule has 1 fully saturated rings. The Labute approximate surface area is 113 Å². The standard InChI is InChI=1S/C11H11F3N2S2/c12-11(13,14)8-2-1-3-9(6-8)15-10(17)16-4-5-18-7-16/h1-3,6H,4-5,7H2,(H,15,17). The molecular formula is C11H11F3N2S2. The van der Waals surface area contributed by atoms with Crippen molar-refractivity contribution in [3.8, 4) is 0 Å². The van der Waals surface area contributed by atoms with Crippen molar-refractivity contribution < 1.29 is 13.2 Å². The summed E-state index contributed by atoms with van der Waals surface area (Å²) in [5, 5.41) is 3.31. The molecule has 0 unspecified atom stereocenters. The average Bonchev–Trinajstić information content (AvgIpc) is 2.81. The van der Waals surface area contributed by atoms with Gasteiger partial charge in [0, 0.05) is 18.0 Å². The van der Waals surface area contributed by atoms with Crippen LogP contribution in [-0.2, 0) is 6.18 Å². The Morgan fingerprint density at radius 3 is 2.78 bits per heavy atom. The average molecular weight is 292 g/mol. The van der Waals surface area contributed by atoms with Gasteiger partial charge in [0.1, 0.15) is 0 Å². The summed E-state index contributed by atoms with van der Waals surface area (Å²) in [5.41, 5.74) is -0.308. The van der Waals surface area contributed by atoms with Crippen LogP contribution in [0.2, 0.25) is 0 Å². The van der Waals surface area contributed by atoms with Gasteiger partial charge in [0.05, 0.1) is 11.4 Å². The molecule has 1 aliphatic heterocycles. The summed E-state index contributed by atoms with van der Waals surface area (Å²) in [7, 11) is 0. The molecular weight excluding hydrogens is 281 g/mol. The molecule has 0 spiro atoms. The maximum Gasteiger partial charge on any atom is 0.416 e. The van der Waals surface area contributed by atoms with Crippen LogP contribution in [0.4, 0.5) is 18.9 Å². The molecule has 7 heteroatoms. The summed E-state index contributed by atoms with van der Waals surface area (Å²) < 4.78 is 37.6.